The number of nitrogen functional groups attached to an aromatic ring is 1. The van der Waals surface area contributed by atoms with Gasteiger partial charge in [0.05, 0.1) is 24.1 Å². The van der Waals surface area contributed by atoms with E-state index in [2.05, 4.69) is 4.98 Å². The molecule has 6 heteroatoms. The highest BCUT2D eigenvalue weighted by Gasteiger charge is 2.19. The molecule has 104 valence electrons. The van der Waals surface area contributed by atoms with E-state index >= 15 is 0 Å². The molecule has 19 heavy (non-hydrogen) atoms. The highest BCUT2D eigenvalue weighted by molar-refractivity contribution is 5.98. The molecule has 1 aromatic heterocycles. The lowest BCUT2D eigenvalue weighted by Crippen LogP contribution is -2.32. The number of aromatic nitrogens is 1. The topological polar surface area (TPSA) is 94.5 Å². The fourth-order valence-electron chi connectivity index (χ4n) is 2.38. The predicted octanol–water partition coefficient (Wildman–Crippen LogP) is 0.626. The fourth-order valence-corrected chi connectivity index (χ4v) is 2.38. The maximum atomic E-state index is 11.4. The monoisotopic (exact) mass is 264 g/mol. The maximum Gasteiger partial charge on any atom is 0.252 e. The van der Waals surface area contributed by atoms with Crippen LogP contribution in [0.5, 0.6) is 0 Å². The zero-order valence-electron chi connectivity index (χ0n) is 11.1. The largest absolute Gasteiger partial charge is 0.397 e. The molecular weight excluding hydrogens is 244 g/mol. The lowest BCUT2D eigenvalue weighted by Gasteiger charge is -2.28. The van der Waals surface area contributed by atoms with Gasteiger partial charge in [0.25, 0.3) is 5.91 Å². The summed E-state index contributed by atoms with van der Waals surface area (Å²) in [6.45, 7) is 2.38. The van der Waals surface area contributed by atoms with Crippen LogP contribution in [0.2, 0.25) is 0 Å². The Morgan fingerprint density at radius 1 is 1.63 bits per heavy atom. The van der Waals surface area contributed by atoms with Gasteiger partial charge in [-0.2, -0.15) is 0 Å². The van der Waals surface area contributed by atoms with Gasteiger partial charge in [-0.1, -0.05) is 0 Å². The van der Waals surface area contributed by atoms with Crippen LogP contribution < -0.4 is 16.4 Å². The number of pyridine rings is 1. The number of nitrogens with zero attached hydrogens (tertiary/aromatic N) is 2. The second-order valence-electron chi connectivity index (χ2n) is 4.97. The minimum absolute atomic E-state index is 0.360. The highest BCUT2D eigenvalue weighted by Crippen LogP contribution is 2.22. The maximum absolute atomic E-state index is 11.4. The summed E-state index contributed by atoms with van der Waals surface area (Å²) < 4.78 is 5.46. The third kappa shape index (κ3) is 3.35. The van der Waals surface area contributed by atoms with E-state index in [1.54, 1.807) is 6.07 Å². The number of carbonyl (C=O) groups excluding carboxylic acids is 1. The third-order valence-corrected chi connectivity index (χ3v) is 3.30. The van der Waals surface area contributed by atoms with E-state index < -0.39 is 5.91 Å². The van der Waals surface area contributed by atoms with Gasteiger partial charge in [0.1, 0.15) is 5.82 Å². The van der Waals surface area contributed by atoms with Crippen LogP contribution in [0.15, 0.2) is 12.3 Å². The van der Waals surface area contributed by atoms with E-state index in [1.165, 1.54) is 6.20 Å². The van der Waals surface area contributed by atoms with E-state index in [4.69, 9.17) is 16.2 Å². The van der Waals surface area contributed by atoms with Gasteiger partial charge in [0.15, 0.2) is 0 Å². The molecule has 2 rings (SSSR count). The first-order chi connectivity index (χ1) is 9.08. The Labute approximate surface area is 112 Å². The molecule has 0 aromatic carbocycles. The van der Waals surface area contributed by atoms with Crippen molar-refractivity contribution in [1.82, 2.24) is 4.98 Å². The molecule has 0 bridgehead atoms. The van der Waals surface area contributed by atoms with Gasteiger partial charge in [0.2, 0.25) is 0 Å². The van der Waals surface area contributed by atoms with Crippen molar-refractivity contribution in [2.75, 3.05) is 37.4 Å². The van der Waals surface area contributed by atoms with E-state index in [9.17, 15) is 4.79 Å². The van der Waals surface area contributed by atoms with Gasteiger partial charge in [0, 0.05) is 20.2 Å². The minimum Gasteiger partial charge on any atom is -0.397 e. The van der Waals surface area contributed by atoms with Gasteiger partial charge in [-0.15, -0.1) is 0 Å². The molecule has 0 spiro atoms. The van der Waals surface area contributed by atoms with Crippen molar-refractivity contribution in [3.05, 3.63) is 17.8 Å². The summed E-state index contributed by atoms with van der Waals surface area (Å²) in [5.41, 5.74) is 11.8. The molecule has 0 aliphatic carbocycles. The van der Waals surface area contributed by atoms with Gasteiger partial charge >= 0.3 is 0 Å². The first-order valence-electron chi connectivity index (χ1n) is 6.42. The van der Waals surface area contributed by atoms with E-state index in [0.29, 0.717) is 23.0 Å². The summed E-state index contributed by atoms with van der Waals surface area (Å²) in [7, 11) is 1.90. The van der Waals surface area contributed by atoms with Crippen molar-refractivity contribution in [2.45, 2.75) is 12.8 Å². The Balaban J connectivity index is 2.13. The van der Waals surface area contributed by atoms with Crippen molar-refractivity contribution < 1.29 is 9.53 Å². The number of primary amides is 1. The smallest absolute Gasteiger partial charge is 0.252 e. The van der Waals surface area contributed by atoms with Crippen LogP contribution in [0.1, 0.15) is 23.2 Å². The van der Waals surface area contributed by atoms with Crippen molar-refractivity contribution in [3.63, 3.8) is 0 Å². The van der Waals surface area contributed by atoms with Gasteiger partial charge < -0.3 is 21.1 Å². The average Bonchev–Trinajstić information content (AvgIpc) is 2.39. The molecule has 1 aromatic rings. The molecule has 2 heterocycles. The zero-order chi connectivity index (χ0) is 13.8. The molecule has 0 radical (unpaired) electrons. The molecule has 1 saturated heterocycles. The quantitative estimate of drug-likeness (QED) is 0.831. The van der Waals surface area contributed by atoms with E-state index in [-0.39, 0.29) is 0 Å². The second-order valence-corrected chi connectivity index (χ2v) is 4.97. The number of hydrogen-bond acceptors (Lipinski definition) is 5. The zero-order valence-corrected chi connectivity index (χ0v) is 11.1. The summed E-state index contributed by atoms with van der Waals surface area (Å²) in [5, 5.41) is 0. The molecular formula is C13H20N4O2. The number of hydrogen-bond donors (Lipinski definition) is 2. The SMILES string of the molecule is CN(CC1CCCOC1)c1ncc(N)cc1C(N)=O. The van der Waals surface area contributed by atoms with E-state index in [1.807, 2.05) is 11.9 Å². The number of carbonyl (C=O) groups is 1. The number of ether oxygens (including phenoxy) is 1. The van der Waals surface area contributed by atoms with Crippen molar-refractivity contribution in [1.29, 1.82) is 0 Å². The summed E-state index contributed by atoms with van der Waals surface area (Å²) in [5.74, 6) is 0.521. The minimum atomic E-state index is -0.512. The van der Waals surface area contributed by atoms with Crippen LogP contribution in [-0.2, 0) is 4.74 Å². The Morgan fingerprint density at radius 3 is 3.05 bits per heavy atom. The first-order valence-corrected chi connectivity index (χ1v) is 6.42. The molecule has 6 nitrogen and oxygen atoms in total. The molecule has 1 amide bonds. The number of amides is 1. The van der Waals surface area contributed by atoms with Gasteiger partial charge in [-0.3, -0.25) is 4.79 Å². The van der Waals surface area contributed by atoms with E-state index in [0.717, 1.165) is 32.6 Å². The molecule has 1 atom stereocenters. The molecule has 1 fully saturated rings. The molecule has 0 saturated carbocycles. The number of nitrogens with two attached hydrogens (primary N) is 2. The Kier molecular flexibility index (Phi) is 4.21. The van der Waals surface area contributed by atoms with Crippen LogP contribution in [0.4, 0.5) is 11.5 Å². The summed E-state index contributed by atoms with van der Waals surface area (Å²) >= 11 is 0. The van der Waals surface area contributed by atoms with Crippen molar-refractivity contribution in [3.8, 4) is 0 Å². The average molecular weight is 264 g/mol. The van der Waals surface area contributed by atoms with Crippen LogP contribution in [0.25, 0.3) is 0 Å². The molecule has 4 N–H and O–H groups in total. The summed E-state index contributed by atoms with van der Waals surface area (Å²) in [4.78, 5) is 17.6. The third-order valence-electron chi connectivity index (χ3n) is 3.30. The van der Waals surface area contributed by atoms with Gasteiger partial charge in [-0.05, 0) is 24.8 Å². The van der Waals surface area contributed by atoms with Crippen LogP contribution in [-0.4, -0.2) is 37.7 Å². The first kappa shape index (κ1) is 13.6. The van der Waals surface area contributed by atoms with Gasteiger partial charge in [-0.25, -0.2) is 4.98 Å². The normalized spacial score (nSPS) is 19.1. The van der Waals surface area contributed by atoms with Crippen LogP contribution in [0.3, 0.4) is 0 Å². The van der Waals surface area contributed by atoms with Crippen molar-refractivity contribution in [2.24, 2.45) is 11.7 Å². The Morgan fingerprint density at radius 2 is 2.42 bits per heavy atom. The highest BCUT2D eigenvalue weighted by atomic mass is 16.5. The lowest BCUT2D eigenvalue weighted by molar-refractivity contribution is 0.0576. The Hall–Kier alpha value is -1.82. The van der Waals surface area contributed by atoms with Crippen molar-refractivity contribution >= 4 is 17.4 Å². The lowest BCUT2D eigenvalue weighted by atomic mass is 10.0. The molecule has 1 unspecified atom stereocenters. The van der Waals surface area contributed by atoms with Crippen LogP contribution in [0, 0.1) is 5.92 Å². The van der Waals surface area contributed by atoms with Crippen LogP contribution >= 0.6 is 0 Å². The Bertz CT molecular complexity index is 458. The predicted molar refractivity (Wildman–Crippen MR) is 74.0 cm³/mol. The molecule has 1 aliphatic heterocycles. The standard InChI is InChI=1S/C13H20N4O2/c1-17(7-9-3-2-4-19-8-9)13-11(12(15)18)5-10(14)6-16-13/h5-6,9H,2-4,7-8,14H2,1H3,(H2,15,18). The fraction of sp³-hybridized carbons (Fsp3) is 0.538. The number of rotatable bonds is 4. The second kappa shape index (κ2) is 5.88. The number of anilines is 2. The summed E-state index contributed by atoms with van der Waals surface area (Å²) in [6, 6.07) is 1.57. The molecule has 1 aliphatic rings. The summed E-state index contributed by atoms with van der Waals surface area (Å²) in [6.07, 6.45) is 3.75.